The molecule has 1 aliphatic heterocycles. The van der Waals surface area contributed by atoms with Crippen molar-refractivity contribution < 1.29 is 14.2 Å². The van der Waals surface area contributed by atoms with Crippen LogP contribution in [0.4, 0.5) is 0 Å². The Kier molecular flexibility index (Phi) is 7.33. The van der Waals surface area contributed by atoms with Crippen molar-refractivity contribution in [3.63, 3.8) is 0 Å². The lowest BCUT2D eigenvalue weighted by Gasteiger charge is -2.07. The molecule has 1 aromatic carbocycles. The van der Waals surface area contributed by atoms with E-state index in [4.69, 9.17) is 14.2 Å². The number of hydrogen-bond acceptors (Lipinski definition) is 3. The zero-order valence-corrected chi connectivity index (χ0v) is 17.2. The van der Waals surface area contributed by atoms with Crippen molar-refractivity contribution in [3.8, 4) is 11.5 Å². The normalized spacial score (nSPS) is 19.4. The average molecular weight is 359 g/mol. The van der Waals surface area contributed by atoms with Crippen molar-refractivity contribution in [1.82, 2.24) is 0 Å². The Morgan fingerprint density at radius 3 is 2.12 bits per heavy atom. The lowest BCUT2D eigenvalue weighted by molar-refractivity contribution is 0.320. The van der Waals surface area contributed by atoms with E-state index in [1.807, 2.05) is 6.07 Å². The van der Waals surface area contributed by atoms with Gasteiger partial charge in [-0.2, -0.15) is 0 Å². The predicted molar refractivity (Wildman–Crippen MR) is 108 cm³/mol. The van der Waals surface area contributed by atoms with Gasteiger partial charge in [-0.3, -0.25) is 0 Å². The van der Waals surface area contributed by atoms with Gasteiger partial charge < -0.3 is 14.2 Å². The second-order valence-corrected chi connectivity index (χ2v) is 7.81. The highest BCUT2D eigenvalue weighted by Gasteiger charge is 2.46. The number of hydrogen-bond donors (Lipinski definition) is 0. The van der Waals surface area contributed by atoms with Crippen LogP contribution in [0.3, 0.4) is 0 Å². The number of allylic oxidation sites excluding steroid dienone is 4. The summed E-state index contributed by atoms with van der Waals surface area (Å²) in [5, 5.41) is 0. The first-order valence-electron chi connectivity index (χ1n) is 9.55. The van der Waals surface area contributed by atoms with Gasteiger partial charge in [0.05, 0.1) is 25.9 Å². The van der Waals surface area contributed by atoms with Gasteiger partial charge in [-0.05, 0) is 77.5 Å². The third-order valence-corrected chi connectivity index (χ3v) is 5.09. The fourth-order valence-corrected chi connectivity index (χ4v) is 3.12. The Bertz CT molecular complexity index is 633. The van der Waals surface area contributed by atoms with Crippen LogP contribution in [-0.4, -0.2) is 25.9 Å². The Morgan fingerprint density at radius 1 is 1.00 bits per heavy atom. The van der Waals surface area contributed by atoms with E-state index in [1.165, 1.54) is 16.7 Å². The van der Waals surface area contributed by atoms with Crippen LogP contribution in [-0.2, 0) is 11.2 Å². The van der Waals surface area contributed by atoms with Crippen LogP contribution in [0.5, 0.6) is 11.5 Å². The van der Waals surface area contributed by atoms with E-state index in [0.717, 1.165) is 43.6 Å². The number of methoxy groups -OCH3 is 2. The van der Waals surface area contributed by atoms with Crippen molar-refractivity contribution in [2.75, 3.05) is 14.2 Å². The minimum absolute atomic E-state index is 0.113. The minimum atomic E-state index is 0.113. The highest BCUT2D eigenvalue weighted by Crippen LogP contribution is 2.38. The van der Waals surface area contributed by atoms with E-state index in [0.29, 0.717) is 6.10 Å². The first-order chi connectivity index (χ1) is 12.3. The average Bonchev–Trinajstić information content (AvgIpc) is 3.24. The highest BCUT2D eigenvalue weighted by molar-refractivity contribution is 5.39. The van der Waals surface area contributed by atoms with Crippen molar-refractivity contribution in [3.05, 3.63) is 47.1 Å². The molecule has 144 valence electrons. The number of rotatable bonds is 10. The second kappa shape index (κ2) is 9.27. The number of ether oxygens (including phenoxy) is 3. The summed E-state index contributed by atoms with van der Waals surface area (Å²) in [6.07, 6.45) is 10.5. The van der Waals surface area contributed by atoms with Gasteiger partial charge in [-0.25, -0.2) is 0 Å². The van der Waals surface area contributed by atoms with E-state index < -0.39 is 0 Å². The van der Waals surface area contributed by atoms with Crippen LogP contribution in [0.2, 0.25) is 0 Å². The smallest absolute Gasteiger partial charge is 0.122 e. The van der Waals surface area contributed by atoms with Gasteiger partial charge in [0, 0.05) is 6.07 Å². The largest absolute Gasteiger partial charge is 0.497 e. The molecule has 3 heteroatoms. The monoisotopic (exact) mass is 358 g/mol. The fourth-order valence-electron chi connectivity index (χ4n) is 3.12. The van der Waals surface area contributed by atoms with Crippen molar-refractivity contribution in [1.29, 1.82) is 0 Å². The first-order valence-corrected chi connectivity index (χ1v) is 9.55. The molecule has 1 saturated heterocycles. The summed E-state index contributed by atoms with van der Waals surface area (Å²) in [7, 11) is 3.37. The summed E-state index contributed by atoms with van der Waals surface area (Å²) in [5.74, 6) is 1.68. The molecule has 0 aliphatic carbocycles. The van der Waals surface area contributed by atoms with Crippen molar-refractivity contribution >= 4 is 0 Å². The van der Waals surface area contributed by atoms with Gasteiger partial charge in [0.2, 0.25) is 0 Å². The molecule has 3 nitrogen and oxygen atoms in total. The molecule has 1 heterocycles. The third-order valence-electron chi connectivity index (χ3n) is 5.09. The summed E-state index contributed by atoms with van der Waals surface area (Å²) >= 11 is 0. The fraction of sp³-hybridized carbons (Fsp3) is 0.565. The molecule has 0 N–H and O–H groups in total. The van der Waals surface area contributed by atoms with Crippen LogP contribution in [0.1, 0.15) is 58.9 Å². The maximum absolute atomic E-state index is 5.65. The molecule has 1 aromatic rings. The van der Waals surface area contributed by atoms with E-state index in [1.54, 1.807) is 14.2 Å². The van der Waals surface area contributed by atoms with Crippen molar-refractivity contribution in [2.45, 2.75) is 71.5 Å². The summed E-state index contributed by atoms with van der Waals surface area (Å²) in [5.41, 5.74) is 4.21. The highest BCUT2D eigenvalue weighted by atomic mass is 16.6. The van der Waals surface area contributed by atoms with Crippen LogP contribution in [0.25, 0.3) is 0 Å². The maximum atomic E-state index is 5.65. The lowest BCUT2D eigenvalue weighted by Crippen LogP contribution is -2.02. The molecule has 0 unspecified atom stereocenters. The minimum Gasteiger partial charge on any atom is -0.497 e. The first kappa shape index (κ1) is 20.6. The van der Waals surface area contributed by atoms with Gasteiger partial charge >= 0.3 is 0 Å². The van der Waals surface area contributed by atoms with E-state index in [2.05, 4.69) is 52.0 Å². The van der Waals surface area contributed by atoms with Crippen molar-refractivity contribution in [2.24, 2.45) is 0 Å². The molecule has 1 aliphatic rings. The Morgan fingerprint density at radius 2 is 1.58 bits per heavy atom. The summed E-state index contributed by atoms with van der Waals surface area (Å²) in [6, 6.07) is 6.04. The SMILES string of the molecule is COc1cc(CC=C(C)CCC=C(C)CC[C@@H]2OC2(C)C)cc(OC)c1. The van der Waals surface area contributed by atoms with E-state index in [-0.39, 0.29) is 5.60 Å². The van der Waals surface area contributed by atoms with Gasteiger partial charge in [0.25, 0.3) is 0 Å². The van der Waals surface area contributed by atoms with Crippen LogP contribution in [0.15, 0.2) is 41.5 Å². The van der Waals surface area contributed by atoms with Gasteiger partial charge in [-0.1, -0.05) is 23.3 Å². The van der Waals surface area contributed by atoms with Gasteiger partial charge in [0.1, 0.15) is 11.5 Å². The van der Waals surface area contributed by atoms with E-state index >= 15 is 0 Å². The summed E-state index contributed by atoms with van der Waals surface area (Å²) < 4.78 is 16.3. The Hall–Kier alpha value is -1.74. The quantitative estimate of drug-likeness (QED) is 0.387. The Balaban J connectivity index is 1.76. The molecular formula is C23H34O3. The molecule has 0 bridgehead atoms. The molecule has 0 radical (unpaired) electrons. The zero-order chi connectivity index (χ0) is 19.2. The standard InChI is InChI=1S/C23H34O3/c1-17(8-7-9-18(2)11-13-22-23(3,4)26-22)10-12-19-14-20(24-5)16-21(15-19)25-6/h9-10,14-16,22H,7-8,11-13H2,1-6H3/t22-/m0/s1. The molecule has 2 rings (SSSR count). The third kappa shape index (κ3) is 6.53. The van der Waals surface area contributed by atoms with E-state index in [9.17, 15) is 0 Å². The molecule has 1 atom stereocenters. The zero-order valence-electron chi connectivity index (χ0n) is 17.2. The number of epoxide rings is 1. The maximum Gasteiger partial charge on any atom is 0.122 e. The van der Waals surface area contributed by atoms with Crippen LogP contribution < -0.4 is 9.47 Å². The molecule has 0 amide bonds. The molecule has 0 saturated carbocycles. The second-order valence-electron chi connectivity index (χ2n) is 7.81. The molecule has 1 fully saturated rings. The molecular weight excluding hydrogens is 324 g/mol. The summed E-state index contributed by atoms with van der Waals surface area (Å²) in [4.78, 5) is 0. The Labute approximate surface area is 159 Å². The lowest BCUT2D eigenvalue weighted by atomic mass is 10.0. The van der Waals surface area contributed by atoms with Crippen LogP contribution >= 0.6 is 0 Å². The van der Waals surface area contributed by atoms with Gasteiger partial charge in [0.15, 0.2) is 0 Å². The predicted octanol–water partition coefficient (Wildman–Crippen LogP) is 5.88. The van der Waals surface area contributed by atoms with Gasteiger partial charge in [-0.15, -0.1) is 0 Å². The van der Waals surface area contributed by atoms with Crippen LogP contribution in [0, 0.1) is 0 Å². The topological polar surface area (TPSA) is 31.0 Å². The molecule has 0 spiro atoms. The molecule has 26 heavy (non-hydrogen) atoms. The summed E-state index contributed by atoms with van der Waals surface area (Å²) in [6.45, 7) is 8.78. The number of benzene rings is 1. The molecule has 0 aromatic heterocycles.